The van der Waals surface area contributed by atoms with Crippen molar-refractivity contribution in [1.29, 1.82) is 0 Å². The minimum Gasteiger partial charge on any atom is -0.507 e. The number of aromatic hydroxyl groups is 2. The van der Waals surface area contributed by atoms with Crippen molar-refractivity contribution in [1.82, 2.24) is 9.55 Å². The molecular weight excluding hydrogens is 328 g/mol. The number of allylic oxidation sites excluding steroid dienone is 1. The van der Waals surface area contributed by atoms with Crippen molar-refractivity contribution in [3.8, 4) is 17.2 Å². The van der Waals surface area contributed by atoms with Crippen LogP contribution in [0, 0.1) is 5.92 Å². The third kappa shape index (κ3) is 3.01. The van der Waals surface area contributed by atoms with Crippen LogP contribution in [0.25, 0.3) is 22.8 Å². The van der Waals surface area contributed by atoms with Gasteiger partial charge >= 0.3 is 5.69 Å². The Morgan fingerprint density at radius 1 is 1.04 bits per heavy atom. The number of phenolic OH excluding ortho intramolecular Hbond substituents is 2. The molecule has 0 atom stereocenters. The van der Waals surface area contributed by atoms with Gasteiger partial charge in [-0.15, -0.1) is 0 Å². The molecule has 1 saturated carbocycles. The second-order valence-electron chi connectivity index (χ2n) is 6.94. The highest BCUT2D eigenvalue weighted by Crippen LogP contribution is 2.33. The van der Waals surface area contributed by atoms with Crippen molar-refractivity contribution in [3.05, 3.63) is 58.5 Å². The van der Waals surface area contributed by atoms with Crippen LogP contribution in [0.15, 0.2) is 47.3 Å². The molecule has 1 fully saturated rings. The molecule has 3 N–H and O–H groups in total. The molecule has 0 saturated heterocycles. The lowest BCUT2D eigenvalue weighted by molar-refractivity contribution is 0.420. The molecule has 5 nitrogen and oxygen atoms in total. The van der Waals surface area contributed by atoms with Crippen molar-refractivity contribution < 1.29 is 10.2 Å². The van der Waals surface area contributed by atoms with Gasteiger partial charge in [-0.05, 0) is 37.0 Å². The number of fused-ring (bicyclic) bond motifs is 1. The Hall–Kier alpha value is -2.95. The number of rotatable bonds is 3. The van der Waals surface area contributed by atoms with E-state index in [4.69, 9.17) is 0 Å². The molecular formula is C21H22N2O3. The monoisotopic (exact) mass is 350 g/mol. The van der Waals surface area contributed by atoms with E-state index in [2.05, 4.69) is 11.1 Å². The highest BCUT2D eigenvalue weighted by Gasteiger charge is 2.15. The molecule has 3 aromatic rings. The number of benzene rings is 2. The molecule has 1 aliphatic rings. The van der Waals surface area contributed by atoms with Crippen LogP contribution in [0.5, 0.6) is 11.5 Å². The SMILES string of the molecule is O=c1[nH]c2ccccc2n1-c1cc(/C=C/C2CCCCC2)c(O)cc1O. The van der Waals surface area contributed by atoms with E-state index in [-0.39, 0.29) is 17.2 Å². The number of phenols is 2. The van der Waals surface area contributed by atoms with E-state index >= 15 is 0 Å². The van der Waals surface area contributed by atoms with E-state index < -0.39 is 0 Å². The Labute approximate surface area is 151 Å². The van der Waals surface area contributed by atoms with Gasteiger partial charge in [-0.25, -0.2) is 4.79 Å². The third-order valence-corrected chi connectivity index (χ3v) is 5.15. The van der Waals surface area contributed by atoms with Crippen molar-refractivity contribution in [2.45, 2.75) is 32.1 Å². The van der Waals surface area contributed by atoms with Gasteiger partial charge in [0, 0.05) is 11.6 Å². The molecule has 0 bridgehead atoms. The molecule has 0 unspecified atom stereocenters. The van der Waals surface area contributed by atoms with Crippen LogP contribution >= 0.6 is 0 Å². The second-order valence-corrected chi connectivity index (χ2v) is 6.94. The maximum absolute atomic E-state index is 12.4. The third-order valence-electron chi connectivity index (χ3n) is 5.15. The molecule has 0 radical (unpaired) electrons. The van der Waals surface area contributed by atoms with Crippen molar-refractivity contribution >= 4 is 17.1 Å². The minimum atomic E-state index is -0.325. The van der Waals surface area contributed by atoms with Gasteiger partial charge in [0.25, 0.3) is 0 Å². The van der Waals surface area contributed by atoms with Crippen LogP contribution in [0.1, 0.15) is 37.7 Å². The summed E-state index contributed by atoms with van der Waals surface area (Å²) in [6.45, 7) is 0. The summed E-state index contributed by atoms with van der Waals surface area (Å²) in [5.41, 5.74) is 2.01. The molecule has 4 rings (SSSR count). The Kier molecular flexibility index (Phi) is 4.29. The lowest BCUT2D eigenvalue weighted by Gasteiger charge is -2.17. The molecule has 2 aromatic carbocycles. The summed E-state index contributed by atoms with van der Waals surface area (Å²) in [5, 5.41) is 20.5. The molecule has 26 heavy (non-hydrogen) atoms. The number of hydrogen-bond acceptors (Lipinski definition) is 3. The summed E-state index contributed by atoms with van der Waals surface area (Å²) in [5.74, 6) is 0.395. The Balaban J connectivity index is 1.78. The molecule has 1 heterocycles. The first-order valence-corrected chi connectivity index (χ1v) is 9.08. The fourth-order valence-electron chi connectivity index (χ4n) is 3.75. The first-order chi connectivity index (χ1) is 12.6. The topological polar surface area (TPSA) is 78.2 Å². The Bertz CT molecular complexity index is 1020. The van der Waals surface area contributed by atoms with E-state index in [1.807, 2.05) is 30.3 Å². The number of H-pyrrole nitrogens is 1. The fourth-order valence-corrected chi connectivity index (χ4v) is 3.75. The van der Waals surface area contributed by atoms with Gasteiger partial charge in [0.15, 0.2) is 0 Å². The van der Waals surface area contributed by atoms with Crippen LogP contribution in [0.4, 0.5) is 0 Å². The first kappa shape index (κ1) is 16.5. The quantitative estimate of drug-likeness (QED) is 0.658. The number of imidazole rings is 1. The standard InChI is InChI=1S/C21H22N2O3/c24-19-13-20(25)18(12-15(19)11-10-14-6-2-1-3-7-14)23-17-9-5-4-8-16(17)22-21(23)26/h4-5,8-14,24-25H,1-3,6-7H2,(H,22,26)/b11-10+. The van der Waals surface area contributed by atoms with E-state index in [1.54, 1.807) is 6.07 Å². The number of para-hydroxylation sites is 2. The van der Waals surface area contributed by atoms with Crippen molar-refractivity contribution in [2.75, 3.05) is 0 Å². The van der Waals surface area contributed by atoms with Gasteiger partial charge < -0.3 is 15.2 Å². The van der Waals surface area contributed by atoms with Crippen molar-refractivity contribution in [2.24, 2.45) is 5.92 Å². The molecule has 0 amide bonds. The first-order valence-electron chi connectivity index (χ1n) is 9.08. The molecule has 0 aliphatic heterocycles. The zero-order valence-electron chi connectivity index (χ0n) is 14.5. The lowest BCUT2D eigenvalue weighted by atomic mass is 9.88. The van der Waals surface area contributed by atoms with Gasteiger partial charge in [0.1, 0.15) is 11.5 Å². The molecule has 5 heteroatoms. The van der Waals surface area contributed by atoms with Crippen LogP contribution in [-0.2, 0) is 0 Å². The maximum atomic E-state index is 12.4. The summed E-state index contributed by atoms with van der Waals surface area (Å²) in [7, 11) is 0. The number of hydrogen-bond donors (Lipinski definition) is 3. The molecule has 1 aliphatic carbocycles. The highest BCUT2D eigenvalue weighted by atomic mass is 16.3. The molecule has 134 valence electrons. The van der Waals surface area contributed by atoms with Gasteiger partial charge in [0.2, 0.25) is 0 Å². The van der Waals surface area contributed by atoms with Gasteiger partial charge in [-0.1, -0.05) is 43.5 Å². The lowest BCUT2D eigenvalue weighted by Crippen LogP contribution is -2.14. The number of nitrogens with one attached hydrogen (secondary N) is 1. The zero-order valence-corrected chi connectivity index (χ0v) is 14.5. The fraction of sp³-hybridized carbons (Fsp3) is 0.286. The van der Waals surface area contributed by atoms with Gasteiger partial charge in [-0.2, -0.15) is 0 Å². The smallest absolute Gasteiger partial charge is 0.331 e. The van der Waals surface area contributed by atoms with E-state index in [0.29, 0.717) is 28.2 Å². The largest absolute Gasteiger partial charge is 0.507 e. The van der Waals surface area contributed by atoms with Gasteiger partial charge in [-0.3, -0.25) is 4.57 Å². The Morgan fingerprint density at radius 2 is 1.81 bits per heavy atom. The number of aromatic nitrogens is 2. The van der Waals surface area contributed by atoms with Crippen LogP contribution in [0.2, 0.25) is 0 Å². The minimum absolute atomic E-state index is 0.00574. The normalized spacial score (nSPS) is 15.8. The average molecular weight is 350 g/mol. The van der Waals surface area contributed by atoms with Crippen LogP contribution in [-0.4, -0.2) is 19.8 Å². The van der Waals surface area contributed by atoms with Crippen molar-refractivity contribution in [3.63, 3.8) is 0 Å². The maximum Gasteiger partial charge on any atom is 0.331 e. The molecule has 0 spiro atoms. The Morgan fingerprint density at radius 3 is 2.62 bits per heavy atom. The summed E-state index contributed by atoms with van der Waals surface area (Å²) in [4.78, 5) is 15.2. The van der Waals surface area contributed by atoms with E-state index in [9.17, 15) is 15.0 Å². The van der Waals surface area contributed by atoms with Gasteiger partial charge in [0.05, 0.1) is 16.7 Å². The zero-order chi connectivity index (χ0) is 18.1. The van der Waals surface area contributed by atoms with E-state index in [1.165, 1.54) is 42.7 Å². The summed E-state index contributed by atoms with van der Waals surface area (Å²) in [6, 6.07) is 10.3. The highest BCUT2D eigenvalue weighted by molar-refractivity contribution is 5.78. The summed E-state index contributed by atoms with van der Waals surface area (Å²) in [6.07, 6.45) is 10.1. The number of aromatic amines is 1. The predicted octanol–water partition coefficient (Wildman–Crippen LogP) is 4.32. The molecule has 1 aromatic heterocycles. The average Bonchev–Trinajstić information content (AvgIpc) is 2.98. The van der Waals surface area contributed by atoms with E-state index in [0.717, 1.165) is 0 Å². The second kappa shape index (κ2) is 6.75. The van der Waals surface area contributed by atoms with Crippen LogP contribution < -0.4 is 5.69 Å². The van der Waals surface area contributed by atoms with Crippen LogP contribution in [0.3, 0.4) is 0 Å². The summed E-state index contributed by atoms with van der Waals surface area (Å²) >= 11 is 0. The summed E-state index contributed by atoms with van der Waals surface area (Å²) < 4.78 is 1.43. The number of nitrogens with zero attached hydrogens (tertiary/aromatic N) is 1. The predicted molar refractivity (Wildman–Crippen MR) is 103 cm³/mol.